The standard InChI is InChI=1S/C12H12FNO2/c13-9-3-1-8(2-4-9)7-10(15)12(5-6-12)11(14)16/h1-4H,5-7H2,(H2,14,16). The zero-order valence-electron chi connectivity index (χ0n) is 8.70. The molecule has 2 N–H and O–H groups in total. The third-order valence-corrected chi connectivity index (χ3v) is 3.03. The largest absolute Gasteiger partial charge is 0.369 e. The molecule has 16 heavy (non-hydrogen) atoms. The maximum atomic E-state index is 12.6. The summed E-state index contributed by atoms with van der Waals surface area (Å²) in [5.41, 5.74) is 4.96. The molecule has 1 saturated carbocycles. The van der Waals surface area contributed by atoms with Crippen LogP contribution in [-0.2, 0) is 16.0 Å². The van der Waals surface area contributed by atoms with Crippen molar-refractivity contribution in [3.63, 3.8) is 0 Å². The maximum Gasteiger partial charge on any atom is 0.231 e. The van der Waals surface area contributed by atoms with Gasteiger partial charge < -0.3 is 5.73 Å². The van der Waals surface area contributed by atoms with Crippen molar-refractivity contribution in [2.45, 2.75) is 19.3 Å². The third kappa shape index (κ3) is 1.83. The lowest BCUT2D eigenvalue weighted by molar-refractivity contribution is -0.133. The Labute approximate surface area is 92.4 Å². The summed E-state index contributed by atoms with van der Waals surface area (Å²) >= 11 is 0. The van der Waals surface area contributed by atoms with Crippen molar-refractivity contribution in [3.8, 4) is 0 Å². The SMILES string of the molecule is NC(=O)C1(C(=O)Cc2ccc(F)cc2)CC1. The predicted octanol–water partition coefficient (Wildman–Crippen LogP) is 1.20. The molecule has 1 aliphatic carbocycles. The molecule has 0 atom stereocenters. The fourth-order valence-electron chi connectivity index (χ4n) is 1.74. The van der Waals surface area contributed by atoms with Gasteiger partial charge in [0.25, 0.3) is 0 Å². The molecular formula is C12H12FNO2. The zero-order valence-corrected chi connectivity index (χ0v) is 8.70. The minimum absolute atomic E-state index is 0.142. The first-order valence-corrected chi connectivity index (χ1v) is 5.12. The minimum atomic E-state index is -0.936. The van der Waals surface area contributed by atoms with E-state index in [0.717, 1.165) is 0 Å². The number of carbonyl (C=O) groups excluding carboxylic acids is 2. The van der Waals surface area contributed by atoms with E-state index < -0.39 is 11.3 Å². The molecule has 2 rings (SSSR count). The van der Waals surface area contributed by atoms with Crippen molar-refractivity contribution < 1.29 is 14.0 Å². The number of hydrogen-bond donors (Lipinski definition) is 1. The summed E-state index contributed by atoms with van der Waals surface area (Å²) in [6.07, 6.45) is 1.23. The maximum absolute atomic E-state index is 12.6. The Kier molecular flexibility index (Phi) is 2.50. The quantitative estimate of drug-likeness (QED) is 0.776. The van der Waals surface area contributed by atoms with Crippen LogP contribution in [-0.4, -0.2) is 11.7 Å². The van der Waals surface area contributed by atoms with Crippen LogP contribution < -0.4 is 5.73 Å². The van der Waals surface area contributed by atoms with Crippen LogP contribution in [0.1, 0.15) is 18.4 Å². The van der Waals surface area contributed by atoms with Gasteiger partial charge in [-0.1, -0.05) is 12.1 Å². The topological polar surface area (TPSA) is 60.2 Å². The van der Waals surface area contributed by atoms with Crippen molar-refractivity contribution in [3.05, 3.63) is 35.6 Å². The van der Waals surface area contributed by atoms with E-state index in [0.29, 0.717) is 18.4 Å². The highest BCUT2D eigenvalue weighted by Crippen LogP contribution is 2.46. The van der Waals surface area contributed by atoms with E-state index in [4.69, 9.17) is 5.73 Å². The molecule has 0 bridgehead atoms. The Morgan fingerprint density at radius 2 is 1.81 bits per heavy atom. The molecule has 3 nitrogen and oxygen atoms in total. The minimum Gasteiger partial charge on any atom is -0.369 e. The molecule has 1 amide bonds. The predicted molar refractivity (Wildman–Crippen MR) is 56.0 cm³/mol. The van der Waals surface area contributed by atoms with Gasteiger partial charge in [0.05, 0.1) is 0 Å². The van der Waals surface area contributed by atoms with E-state index in [1.807, 2.05) is 0 Å². The van der Waals surface area contributed by atoms with Gasteiger partial charge in [0.15, 0.2) is 5.78 Å². The summed E-state index contributed by atoms with van der Waals surface area (Å²) in [5, 5.41) is 0. The summed E-state index contributed by atoms with van der Waals surface area (Å²) in [7, 11) is 0. The molecule has 0 saturated heterocycles. The molecule has 1 aromatic rings. The van der Waals surface area contributed by atoms with E-state index in [9.17, 15) is 14.0 Å². The number of amides is 1. The lowest BCUT2D eigenvalue weighted by Gasteiger charge is -2.09. The van der Waals surface area contributed by atoms with Crippen LogP contribution in [0, 0.1) is 11.2 Å². The van der Waals surface area contributed by atoms with Gasteiger partial charge in [0.1, 0.15) is 11.2 Å². The van der Waals surface area contributed by atoms with Gasteiger partial charge in [0, 0.05) is 6.42 Å². The molecule has 1 fully saturated rings. The molecule has 4 heteroatoms. The van der Waals surface area contributed by atoms with Gasteiger partial charge in [0.2, 0.25) is 5.91 Å². The van der Waals surface area contributed by atoms with Crippen LogP contribution in [0.4, 0.5) is 4.39 Å². The van der Waals surface area contributed by atoms with Crippen LogP contribution in [0.25, 0.3) is 0 Å². The first-order chi connectivity index (χ1) is 7.54. The molecule has 0 aliphatic heterocycles. The molecule has 0 radical (unpaired) electrons. The second-order valence-electron chi connectivity index (χ2n) is 4.17. The Balaban J connectivity index is 2.08. The number of benzene rings is 1. The van der Waals surface area contributed by atoms with Crippen molar-refractivity contribution in [2.24, 2.45) is 11.1 Å². The van der Waals surface area contributed by atoms with Crippen molar-refractivity contribution >= 4 is 11.7 Å². The molecule has 0 unspecified atom stereocenters. The Morgan fingerprint density at radius 3 is 2.25 bits per heavy atom. The van der Waals surface area contributed by atoms with Gasteiger partial charge >= 0.3 is 0 Å². The highest BCUT2D eigenvalue weighted by Gasteiger charge is 2.54. The Morgan fingerprint density at radius 1 is 1.25 bits per heavy atom. The second kappa shape index (κ2) is 3.70. The highest BCUT2D eigenvalue weighted by atomic mass is 19.1. The smallest absolute Gasteiger partial charge is 0.231 e. The van der Waals surface area contributed by atoms with Gasteiger partial charge in [-0.3, -0.25) is 9.59 Å². The first kappa shape index (κ1) is 10.8. The molecule has 84 valence electrons. The van der Waals surface area contributed by atoms with Crippen LogP contribution in [0.15, 0.2) is 24.3 Å². The van der Waals surface area contributed by atoms with Crippen LogP contribution in [0.2, 0.25) is 0 Å². The van der Waals surface area contributed by atoms with Crippen molar-refractivity contribution in [2.75, 3.05) is 0 Å². The summed E-state index contributed by atoms with van der Waals surface area (Å²) in [5.74, 6) is -1.04. The summed E-state index contributed by atoms with van der Waals surface area (Å²) < 4.78 is 12.6. The average molecular weight is 221 g/mol. The van der Waals surface area contributed by atoms with Gasteiger partial charge in [-0.15, -0.1) is 0 Å². The number of carbonyl (C=O) groups is 2. The van der Waals surface area contributed by atoms with Crippen LogP contribution in [0.5, 0.6) is 0 Å². The van der Waals surface area contributed by atoms with Gasteiger partial charge in [-0.25, -0.2) is 4.39 Å². The molecule has 0 heterocycles. The van der Waals surface area contributed by atoms with Crippen LogP contribution >= 0.6 is 0 Å². The van der Waals surface area contributed by atoms with Crippen LogP contribution in [0.3, 0.4) is 0 Å². The summed E-state index contributed by atoms with van der Waals surface area (Å²) in [4.78, 5) is 22.9. The second-order valence-corrected chi connectivity index (χ2v) is 4.17. The Hall–Kier alpha value is -1.71. The number of ketones is 1. The Bertz CT molecular complexity index is 435. The van der Waals surface area contributed by atoms with E-state index in [2.05, 4.69) is 0 Å². The first-order valence-electron chi connectivity index (χ1n) is 5.12. The van der Waals surface area contributed by atoms with E-state index in [1.54, 1.807) is 12.1 Å². The number of rotatable bonds is 4. The summed E-state index contributed by atoms with van der Waals surface area (Å²) in [6.45, 7) is 0. The van der Waals surface area contributed by atoms with Gasteiger partial charge in [-0.05, 0) is 30.5 Å². The lowest BCUT2D eigenvalue weighted by Crippen LogP contribution is -2.33. The van der Waals surface area contributed by atoms with Gasteiger partial charge in [-0.2, -0.15) is 0 Å². The number of hydrogen-bond acceptors (Lipinski definition) is 2. The zero-order chi connectivity index (χ0) is 11.8. The fourth-order valence-corrected chi connectivity index (χ4v) is 1.74. The molecule has 1 aliphatic rings. The third-order valence-electron chi connectivity index (χ3n) is 3.03. The molecule has 1 aromatic carbocycles. The normalized spacial score (nSPS) is 16.8. The number of halogens is 1. The number of nitrogens with two attached hydrogens (primary N) is 1. The molecule has 0 aromatic heterocycles. The highest BCUT2D eigenvalue weighted by molar-refractivity contribution is 6.08. The molecule has 0 spiro atoms. The fraction of sp³-hybridized carbons (Fsp3) is 0.333. The number of Topliss-reactive ketones (excluding diaryl/α,β-unsaturated/α-hetero) is 1. The monoisotopic (exact) mass is 221 g/mol. The average Bonchev–Trinajstić information content (AvgIpc) is 3.02. The summed E-state index contributed by atoms with van der Waals surface area (Å²) in [6, 6.07) is 5.69. The number of primary amides is 1. The lowest BCUT2D eigenvalue weighted by atomic mass is 9.94. The van der Waals surface area contributed by atoms with E-state index >= 15 is 0 Å². The van der Waals surface area contributed by atoms with E-state index in [1.165, 1.54) is 12.1 Å². The van der Waals surface area contributed by atoms with Crippen molar-refractivity contribution in [1.29, 1.82) is 0 Å². The molecular weight excluding hydrogens is 209 g/mol. The van der Waals surface area contributed by atoms with Crippen molar-refractivity contribution in [1.82, 2.24) is 0 Å². The van der Waals surface area contributed by atoms with E-state index in [-0.39, 0.29) is 18.0 Å².